The first-order chi connectivity index (χ1) is 7.02. The fourth-order valence-corrected chi connectivity index (χ4v) is 1.97. The van der Waals surface area contributed by atoms with Gasteiger partial charge in [-0.1, -0.05) is 0 Å². The van der Waals surface area contributed by atoms with Crippen LogP contribution in [0, 0.1) is 0 Å². The molecule has 0 saturated carbocycles. The lowest BCUT2D eigenvalue weighted by molar-refractivity contribution is 0.161. The first kappa shape index (κ1) is 15.1. The number of hydrogen-bond donors (Lipinski definition) is 1. The third kappa shape index (κ3) is 9.03. The maximum absolute atomic E-state index is 10.5. The molecule has 6 heteroatoms. The summed E-state index contributed by atoms with van der Waals surface area (Å²) in [4.78, 5) is 11.0. The van der Waals surface area contributed by atoms with Crippen molar-refractivity contribution in [2.24, 2.45) is 0 Å². The van der Waals surface area contributed by atoms with Crippen LogP contribution >= 0.6 is 7.82 Å². The summed E-state index contributed by atoms with van der Waals surface area (Å²) < 4.78 is 19.2. The Kier molecular flexibility index (Phi) is 8.29. The van der Waals surface area contributed by atoms with Crippen LogP contribution in [0.4, 0.5) is 0 Å². The fourth-order valence-electron chi connectivity index (χ4n) is 1.24. The van der Waals surface area contributed by atoms with Crippen LogP contribution in [-0.2, 0) is 13.6 Å². The average molecular weight is 239 g/mol. The largest absolute Gasteiger partial charge is 0.472 e. The summed E-state index contributed by atoms with van der Waals surface area (Å²) in [6.07, 6.45) is 2.83. The van der Waals surface area contributed by atoms with Gasteiger partial charge in [-0.05, 0) is 46.8 Å². The molecule has 92 valence electrons. The second kappa shape index (κ2) is 8.25. The maximum Gasteiger partial charge on any atom is 0.472 e. The molecule has 0 atom stereocenters. The quantitative estimate of drug-likeness (QED) is 0.759. The minimum Gasteiger partial charge on any atom is -0.306 e. The Bertz CT molecular complexity index is 185. The minimum atomic E-state index is -3.69. The van der Waals surface area contributed by atoms with Gasteiger partial charge in [-0.25, -0.2) is 4.57 Å². The molecule has 1 heterocycles. The molecule has 1 fully saturated rings. The number of phosphoric ester groups is 1. The van der Waals surface area contributed by atoms with E-state index in [1.807, 2.05) is 0 Å². The van der Waals surface area contributed by atoms with Gasteiger partial charge in [0.2, 0.25) is 0 Å². The summed E-state index contributed by atoms with van der Waals surface area (Å²) in [6, 6.07) is 0. The van der Waals surface area contributed by atoms with E-state index in [1.54, 1.807) is 13.8 Å². The van der Waals surface area contributed by atoms with Gasteiger partial charge in [0, 0.05) is 0 Å². The number of rotatable bonds is 4. The number of nitrogens with zero attached hydrogens (tertiary/aromatic N) is 1. The van der Waals surface area contributed by atoms with Gasteiger partial charge in [0.05, 0.1) is 13.2 Å². The van der Waals surface area contributed by atoms with Crippen molar-refractivity contribution in [1.29, 1.82) is 0 Å². The molecule has 1 rings (SSSR count). The molecule has 1 aliphatic rings. The molecule has 15 heavy (non-hydrogen) atoms. The topological polar surface area (TPSA) is 59.0 Å². The standard InChI is InChI=1S/C5H11N.C4H11O4P/c1-6-4-2-3-5-6;1-3-7-9(5,6)8-4-2/h2-5H2,1H3;3-4H2,1-2H3,(H,5,6). The molecule has 0 unspecified atom stereocenters. The summed E-state index contributed by atoms with van der Waals surface area (Å²) in [7, 11) is -1.52. The molecular weight excluding hydrogens is 217 g/mol. The lowest BCUT2D eigenvalue weighted by Crippen LogP contribution is -2.10. The number of phosphoric acid groups is 1. The van der Waals surface area contributed by atoms with Crippen LogP contribution < -0.4 is 0 Å². The van der Waals surface area contributed by atoms with E-state index < -0.39 is 7.82 Å². The highest BCUT2D eigenvalue weighted by atomic mass is 31.2. The zero-order valence-electron chi connectivity index (χ0n) is 9.81. The predicted molar refractivity (Wildman–Crippen MR) is 59.8 cm³/mol. The molecule has 0 bridgehead atoms. The molecule has 0 radical (unpaired) electrons. The van der Waals surface area contributed by atoms with Crippen molar-refractivity contribution in [2.45, 2.75) is 26.7 Å². The first-order valence-electron chi connectivity index (χ1n) is 5.32. The van der Waals surface area contributed by atoms with E-state index in [0.717, 1.165) is 0 Å². The molecular formula is C9H22NO4P. The smallest absolute Gasteiger partial charge is 0.306 e. The van der Waals surface area contributed by atoms with Gasteiger partial charge in [-0.3, -0.25) is 9.05 Å². The van der Waals surface area contributed by atoms with Crippen LogP contribution in [0.3, 0.4) is 0 Å². The van der Waals surface area contributed by atoms with Crippen LogP contribution in [0.15, 0.2) is 0 Å². The van der Waals surface area contributed by atoms with Crippen LogP contribution in [-0.4, -0.2) is 43.1 Å². The lowest BCUT2D eigenvalue weighted by atomic mass is 10.4. The highest BCUT2D eigenvalue weighted by Crippen LogP contribution is 2.42. The normalized spacial score (nSPS) is 17.3. The lowest BCUT2D eigenvalue weighted by Gasteiger charge is -2.07. The Morgan fingerprint density at radius 1 is 1.20 bits per heavy atom. The second-order valence-electron chi connectivity index (χ2n) is 3.31. The highest BCUT2D eigenvalue weighted by molar-refractivity contribution is 7.47. The Labute approximate surface area is 92.0 Å². The van der Waals surface area contributed by atoms with Crippen molar-refractivity contribution >= 4 is 7.82 Å². The van der Waals surface area contributed by atoms with Crippen molar-refractivity contribution in [2.75, 3.05) is 33.4 Å². The summed E-state index contributed by atoms with van der Waals surface area (Å²) in [6.45, 7) is 6.27. The summed E-state index contributed by atoms with van der Waals surface area (Å²) in [5.74, 6) is 0. The summed E-state index contributed by atoms with van der Waals surface area (Å²) in [5, 5.41) is 0. The molecule has 0 aliphatic carbocycles. The van der Waals surface area contributed by atoms with E-state index in [0.29, 0.717) is 0 Å². The van der Waals surface area contributed by atoms with Gasteiger partial charge >= 0.3 is 7.82 Å². The minimum absolute atomic E-state index is 0.188. The van der Waals surface area contributed by atoms with Gasteiger partial charge in [0.25, 0.3) is 0 Å². The van der Waals surface area contributed by atoms with Gasteiger partial charge in [-0.15, -0.1) is 0 Å². The fraction of sp³-hybridized carbons (Fsp3) is 1.00. The van der Waals surface area contributed by atoms with Crippen LogP contribution in [0.2, 0.25) is 0 Å². The van der Waals surface area contributed by atoms with Crippen molar-refractivity contribution in [3.63, 3.8) is 0 Å². The number of hydrogen-bond acceptors (Lipinski definition) is 4. The zero-order chi connectivity index (χ0) is 11.7. The van der Waals surface area contributed by atoms with Crippen molar-refractivity contribution in [3.8, 4) is 0 Å². The van der Waals surface area contributed by atoms with Crippen molar-refractivity contribution in [3.05, 3.63) is 0 Å². The molecule has 1 N–H and O–H groups in total. The van der Waals surface area contributed by atoms with Crippen LogP contribution in [0.5, 0.6) is 0 Å². The van der Waals surface area contributed by atoms with Gasteiger partial charge in [-0.2, -0.15) is 0 Å². The first-order valence-corrected chi connectivity index (χ1v) is 6.81. The molecule has 0 aromatic carbocycles. The van der Waals surface area contributed by atoms with Crippen molar-refractivity contribution in [1.82, 2.24) is 4.90 Å². The summed E-state index contributed by atoms with van der Waals surface area (Å²) in [5.41, 5.74) is 0. The third-order valence-corrected chi connectivity index (χ3v) is 3.08. The molecule has 0 amide bonds. The third-order valence-electron chi connectivity index (χ3n) is 1.91. The van der Waals surface area contributed by atoms with E-state index in [9.17, 15) is 4.57 Å². The highest BCUT2D eigenvalue weighted by Gasteiger charge is 2.17. The SMILES string of the molecule is CCOP(=O)(O)OCC.CN1CCCC1. The van der Waals surface area contributed by atoms with E-state index in [-0.39, 0.29) is 13.2 Å². The van der Waals surface area contributed by atoms with Gasteiger partial charge in [0.15, 0.2) is 0 Å². The van der Waals surface area contributed by atoms with Gasteiger partial charge < -0.3 is 9.79 Å². The van der Waals surface area contributed by atoms with E-state index >= 15 is 0 Å². The Morgan fingerprint density at radius 2 is 1.60 bits per heavy atom. The van der Waals surface area contributed by atoms with Crippen LogP contribution in [0.1, 0.15) is 26.7 Å². The Balaban J connectivity index is 0.000000280. The summed E-state index contributed by atoms with van der Waals surface area (Å²) >= 11 is 0. The molecule has 5 nitrogen and oxygen atoms in total. The Morgan fingerprint density at radius 3 is 1.80 bits per heavy atom. The average Bonchev–Trinajstić information content (AvgIpc) is 2.56. The molecule has 0 aromatic rings. The second-order valence-corrected chi connectivity index (χ2v) is 4.77. The van der Waals surface area contributed by atoms with Crippen LogP contribution in [0.25, 0.3) is 0 Å². The molecule has 1 saturated heterocycles. The molecule has 1 aliphatic heterocycles. The van der Waals surface area contributed by atoms with Gasteiger partial charge in [0.1, 0.15) is 0 Å². The predicted octanol–water partition coefficient (Wildman–Crippen LogP) is 1.87. The monoisotopic (exact) mass is 239 g/mol. The Hall–Kier alpha value is 0.0700. The molecule has 0 aromatic heterocycles. The van der Waals surface area contributed by atoms with E-state index in [4.69, 9.17) is 4.89 Å². The number of likely N-dealkylation sites (tertiary alicyclic amines) is 1. The maximum atomic E-state index is 10.5. The van der Waals surface area contributed by atoms with Crippen molar-refractivity contribution < 1.29 is 18.5 Å². The van der Waals surface area contributed by atoms with E-state index in [2.05, 4.69) is 21.0 Å². The zero-order valence-corrected chi connectivity index (χ0v) is 10.7. The molecule has 0 spiro atoms. The van der Waals surface area contributed by atoms with E-state index in [1.165, 1.54) is 25.9 Å².